The number of nitrogens with two attached hydrogens (primary N) is 1. The van der Waals surface area contributed by atoms with Gasteiger partial charge in [-0.15, -0.1) is 0 Å². The molecule has 0 saturated carbocycles. The van der Waals surface area contributed by atoms with Crippen molar-refractivity contribution in [3.05, 3.63) is 89.2 Å². The van der Waals surface area contributed by atoms with E-state index in [2.05, 4.69) is 5.32 Å². The summed E-state index contributed by atoms with van der Waals surface area (Å²) < 4.78 is 20.6. The molecule has 2 heterocycles. The molecule has 3 aromatic carbocycles. The van der Waals surface area contributed by atoms with Crippen molar-refractivity contribution in [2.75, 3.05) is 19.6 Å². The number of benzene rings is 3. The number of nitrogens with zero attached hydrogens (tertiary/aromatic N) is 1. The number of likely N-dealkylation sites (tertiary alicyclic amines) is 1. The van der Waals surface area contributed by atoms with Crippen LogP contribution in [0.3, 0.4) is 0 Å². The van der Waals surface area contributed by atoms with Gasteiger partial charge in [0.15, 0.2) is 0 Å². The predicted octanol–water partition coefficient (Wildman–Crippen LogP) is 3.03. The second-order valence-corrected chi connectivity index (χ2v) is 9.18. The number of carbonyl (C=O) groups is 3. The third-order valence-corrected chi connectivity index (χ3v) is 6.75. The Kier molecular flexibility index (Phi) is 6.41. The Morgan fingerprint density at radius 2 is 1.78 bits per heavy atom. The molecule has 184 valence electrons. The highest BCUT2D eigenvalue weighted by Gasteiger charge is 2.33. The van der Waals surface area contributed by atoms with Crippen molar-refractivity contribution >= 4 is 17.7 Å². The number of hydrogen-bond donors (Lipinski definition) is 2. The molecule has 0 spiro atoms. The summed E-state index contributed by atoms with van der Waals surface area (Å²) in [7, 11) is 0. The first-order valence-electron chi connectivity index (χ1n) is 11.9. The van der Waals surface area contributed by atoms with Crippen LogP contribution in [0.1, 0.15) is 33.8 Å². The van der Waals surface area contributed by atoms with E-state index in [1.54, 1.807) is 35.2 Å². The Labute approximate surface area is 208 Å². The van der Waals surface area contributed by atoms with Crippen LogP contribution < -0.4 is 15.8 Å². The van der Waals surface area contributed by atoms with Gasteiger partial charge in [-0.2, -0.15) is 0 Å². The minimum atomic E-state index is -0.524. The lowest BCUT2D eigenvalue weighted by atomic mass is 9.99. The minimum absolute atomic E-state index is 0.0202. The standard InChI is InChI=1S/C28H26FN3O4/c29-24-11-10-22(18-6-8-19(9-7-18)28(30)35)27-23(24)13-21(36-27)14-31-25(33)16-32-15-20(12-26(32)34)17-4-2-1-3-5-17/h1-11,20-21H,12-16H2,(H2,30,35)(H,31,33). The van der Waals surface area contributed by atoms with Crippen LogP contribution >= 0.6 is 0 Å². The summed E-state index contributed by atoms with van der Waals surface area (Å²) in [5.74, 6) is -0.703. The van der Waals surface area contributed by atoms with Gasteiger partial charge in [0.25, 0.3) is 0 Å². The van der Waals surface area contributed by atoms with E-state index in [9.17, 15) is 18.8 Å². The quantitative estimate of drug-likeness (QED) is 0.535. The molecule has 0 aromatic heterocycles. The van der Waals surface area contributed by atoms with Crippen molar-refractivity contribution in [3.8, 4) is 16.9 Å². The summed E-state index contributed by atoms with van der Waals surface area (Å²) in [6.07, 6.45) is 0.268. The van der Waals surface area contributed by atoms with Crippen LogP contribution in [0.2, 0.25) is 0 Å². The van der Waals surface area contributed by atoms with Crippen molar-refractivity contribution in [2.24, 2.45) is 5.73 Å². The van der Waals surface area contributed by atoms with E-state index in [4.69, 9.17) is 10.5 Å². The number of carbonyl (C=O) groups excluding carboxylic acids is 3. The summed E-state index contributed by atoms with van der Waals surface area (Å²) in [5.41, 5.74) is 8.70. The van der Waals surface area contributed by atoms with Gasteiger partial charge < -0.3 is 20.7 Å². The molecule has 1 fully saturated rings. The molecule has 0 aliphatic carbocycles. The molecule has 7 nitrogen and oxygen atoms in total. The molecular formula is C28H26FN3O4. The zero-order chi connectivity index (χ0) is 25.2. The van der Waals surface area contributed by atoms with Crippen molar-refractivity contribution in [2.45, 2.75) is 24.9 Å². The Balaban J connectivity index is 1.19. The molecule has 1 saturated heterocycles. The van der Waals surface area contributed by atoms with Gasteiger partial charge in [-0.25, -0.2) is 4.39 Å². The molecule has 3 amide bonds. The molecule has 5 rings (SSSR count). The lowest BCUT2D eigenvalue weighted by molar-refractivity contribution is -0.133. The largest absolute Gasteiger partial charge is 0.487 e. The molecule has 2 atom stereocenters. The first-order valence-corrected chi connectivity index (χ1v) is 11.9. The summed E-state index contributed by atoms with van der Waals surface area (Å²) in [6.45, 7) is 0.676. The Hall–Kier alpha value is -4.20. The number of ether oxygens (including phenoxy) is 1. The van der Waals surface area contributed by atoms with Crippen molar-refractivity contribution in [3.63, 3.8) is 0 Å². The highest BCUT2D eigenvalue weighted by atomic mass is 19.1. The third-order valence-electron chi connectivity index (χ3n) is 6.75. The number of halogens is 1. The van der Waals surface area contributed by atoms with E-state index in [1.165, 1.54) is 6.07 Å². The second-order valence-electron chi connectivity index (χ2n) is 9.18. The second kappa shape index (κ2) is 9.81. The van der Waals surface area contributed by atoms with Gasteiger partial charge in [0.05, 0.1) is 13.1 Å². The fourth-order valence-electron chi connectivity index (χ4n) is 4.85. The van der Waals surface area contributed by atoms with Crippen LogP contribution in [0.4, 0.5) is 4.39 Å². The highest BCUT2D eigenvalue weighted by Crippen LogP contribution is 2.40. The SMILES string of the molecule is NC(=O)c1ccc(-c2ccc(F)c3c2OC(CNC(=O)CN2CC(c4ccccc4)CC2=O)C3)cc1. The molecule has 3 aromatic rings. The predicted molar refractivity (Wildman–Crippen MR) is 132 cm³/mol. The van der Waals surface area contributed by atoms with E-state index in [1.807, 2.05) is 30.3 Å². The summed E-state index contributed by atoms with van der Waals surface area (Å²) in [5, 5.41) is 2.83. The topological polar surface area (TPSA) is 102 Å². The highest BCUT2D eigenvalue weighted by molar-refractivity contribution is 5.93. The van der Waals surface area contributed by atoms with Crippen molar-refractivity contribution in [1.29, 1.82) is 0 Å². The average Bonchev–Trinajstić information content (AvgIpc) is 3.48. The molecule has 2 unspecified atom stereocenters. The van der Waals surface area contributed by atoms with E-state index in [-0.39, 0.29) is 36.6 Å². The van der Waals surface area contributed by atoms with Gasteiger partial charge in [0.1, 0.15) is 17.7 Å². The van der Waals surface area contributed by atoms with Gasteiger partial charge in [-0.1, -0.05) is 42.5 Å². The van der Waals surface area contributed by atoms with Crippen LogP contribution in [0, 0.1) is 5.82 Å². The van der Waals surface area contributed by atoms with Gasteiger partial charge in [0, 0.05) is 42.0 Å². The van der Waals surface area contributed by atoms with Gasteiger partial charge in [-0.05, 0) is 35.4 Å². The zero-order valence-corrected chi connectivity index (χ0v) is 19.6. The minimum Gasteiger partial charge on any atom is -0.487 e. The molecule has 2 aliphatic heterocycles. The number of amides is 3. The van der Waals surface area contributed by atoms with Crippen LogP contribution in [0.15, 0.2) is 66.7 Å². The molecule has 0 bridgehead atoms. The number of primary amides is 1. The molecule has 2 aliphatic rings. The summed E-state index contributed by atoms with van der Waals surface area (Å²) in [4.78, 5) is 37.9. The maximum atomic E-state index is 14.5. The maximum Gasteiger partial charge on any atom is 0.248 e. The van der Waals surface area contributed by atoms with Gasteiger partial charge in [-0.3, -0.25) is 14.4 Å². The van der Waals surface area contributed by atoms with Crippen LogP contribution in [0.25, 0.3) is 11.1 Å². The molecular weight excluding hydrogens is 461 g/mol. The van der Waals surface area contributed by atoms with Crippen molar-refractivity contribution in [1.82, 2.24) is 10.2 Å². The maximum absolute atomic E-state index is 14.5. The lowest BCUT2D eigenvalue weighted by Crippen LogP contribution is -2.41. The molecule has 8 heteroatoms. The summed E-state index contributed by atoms with van der Waals surface area (Å²) >= 11 is 0. The van der Waals surface area contributed by atoms with Crippen LogP contribution in [0.5, 0.6) is 5.75 Å². The average molecular weight is 488 g/mol. The van der Waals surface area contributed by atoms with Crippen molar-refractivity contribution < 1.29 is 23.5 Å². The number of fused-ring (bicyclic) bond motifs is 1. The Morgan fingerprint density at radius 3 is 2.50 bits per heavy atom. The monoisotopic (exact) mass is 487 g/mol. The molecule has 36 heavy (non-hydrogen) atoms. The molecule has 3 N–H and O–H groups in total. The zero-order valence-electron chi connectivity index (χ0n) is 19.6. The van der Waals surface area contributed by atoms with Gasteiger partial charge in [0.2, 0.25) is 17.7 Å². The van der Waals surface area contributed by atoms with Gasteiger partial charge >= 0.3 is 0 Å². The fourth-order valence-corrected chi connectivity index (χ4v) is 4.85. The fraction of sp³-hybridized carbons (Fsp3) is 0.250. The van der Waals surface area contributed by atoms with E-state index in [0.29, 0.717) is 41.8 Å². The Morgan fingerprint density at radius 1 is 1.03 bits per heavy atom. The van der Waals surface area contributed by atoms with Crippen LogP contribution in [-0.4, -0.2) is 48.4 Å². The molecule has 0 radical (unpaired) electrons. The lowest BCUT2D eigenvalue weighted by Gasteiger charge is -2.18. The van der Waals surface area contributed by atoms with E-state index < -0.39 is 12.0 Å². The number of hydrogen-bond acceptors (Lipinski definition) is 4. The number of rotatable bonds is 7. The third kappa shape index (κ3) is 4.79. The Bertz CT molecular complexity index is 1310. The summed E-state index contributed by atoms with van der Waals surface area (Å²) in [6, 6.07) is 19.5. The first-order chi connectivity index (χ1) is 17.4. The number of nitrogens with one attached hydrogen (secondary N) is 1. The van der Waals surface area contributed by atoms with Crippen LogP contribution in [-0.2, 0) is 16.0 Å². The van der Waals surface area contributed by atoms with E-state index in [0.717, 1.165) is 11.1 Å². The van der Waals surface area contributed by atoms with E-state index >= 15 is 0 Å². The normalized spacial score (nSPS) is 18.6. The first kappa shape index (κ1) is 23.5. The smallest absolute Gasteiger partial charge is 0.248 e.